The van der Waals surface area contributed by atoms with Gasteiger partial charge >= 0.3 is 0 Å². The lowest BCUT2D eigenvalue weighted by atomic mass is 10.1. The van der Waals surface area contributed by atoms with Crippen LogP contribution in [0.15, 0.2) is 18.3 Å². The van der Waals surface area contributed by atoms with Crippen LogP contribution in [0.5, 0.6) is 0 Å². The second-order valence-electron chi connectivity index (χ2n) is 5.04. The van der Waals surface area contributed by atoms with E-state index in [-0.39, 0.29) is 6.61 Å². The molecular formula is C14H18N2O. The molecule has 0 aliphatic heterocycles. The largest absolute Gasteiger partial charge is 0.392 e. The van der Waals surface area contributed by atoms with E-state index in [0.717, 1.165) is 10.9 Å². The van der Waals surface area contributed by atoms with Crippen molar-refractivity contribution in [3.05, 3.63) is 29.5 Å². The Bertz CT molecular complexity index is 538. The summed E-state index contributed by atoms with van der Waals surface area (Å²) in [6.45, 7) is 2.21. The van der Waals surface area contributed by atoms with Crippen LogP contribution in [0, 0.1) is 6.92 Å². The molecule has 0 radical (unpaired) electrons. The molecule has 0 amide bonds. The van der Waals surface area contributed by atoms with Crippen LogP contribution < -0.4 is 0 Å². The minimum absolute atomic E-state index is 0.103. The lowest BCUT2D eigenvalue weighted by Gasteiger charge is -2.13. The monoisotopic (exact) mass is 230 g/mol. The van der Waals surface area contributed by atoms with Crippen molar-refractivity contribution in [2.75, 3.05) is 0 Å². The number of aliphatic hydroxyl groups is 1. The normalized spacial score (nSPS) is 17.1. The van der Waals surface area contributed by atoms with Gasteiger partial charge in [-0.2, -0.15) is 5.10 Å². The van der Waals surface area contributed by atoms with Crippen LogP contribution >= 0.6 is 0 Å². The molecule has 1 heterocycles. The highest BCUT2D eigenvalue weighted by Gasteiger charge is 2.20. The fourth-order valence-electron chi connectivity index (χ4n) is 2.99. The van der Waals surface area contributed by atoms with E-state index < -0.39 is 0 Å². The molecule has 1 fully saturated rings. The van der Waals surface area contributed by atoms with Crippen LogP contribution in [0.1, 0.15) is 42.9 Å². The van der Waals surface area contributed by atoms with Crippen molar-refractivity contribution in [3.63, 3.8) is 0 Å². The molecule has 2 aromatic rings. The molecule has 0 unspecified atom stereocenters. The number of rotatable bonds is 2. The summed E-state index contributed by atoms with van der Waals surface area (Å²) in [4.78, 5) is 0. The average Bonchev–Trinajstić information content (AvgIpc) is 2.96. The van der Waals surface area contributed by atoms with Crippen LogP contribution in [0.2, 0.25) is 0 Å². The van der Waals surface area contributed by atoms with Gasteiger partial charge in [0.2, 0.25) is 0 Å². The predicted molar refractivity (Wildman–Crippen MR) is 67.9 cm³/mol. The first-order chi connectivity index (χ1) is 8.29. The number of aryl methyl sites for hydroxylation is 1. The first kappa shape index (κ1) is 10.8. The molecular weight excluding hydrogens is 212 g/mol. The second-order valence-corrected chi connectivity index (χ2v) is 5.04. The standard InChI is InChI=1S/C14H18N2O/c1-10-6-11(9-17)7-12-8-15-16(14(10)12)13-4-2-3-5-13/h6-8,13,17H,2-5,9H2,1H3. The lowest BCUT2D eigenvalue weighted by Crippen LogP contribution is -2.06. The van der Waals surface area contributed by atoms with E-state index in [4.69, 9.17) is 0 Å². The van der Waals surface area contributed by atoms with Crippen molar-refractivity contribution in [2.45, 2.75) is 45.3 Å². The zero-order chi connectivity index (χ0) is 11.8. The molecule has 1 N–H and O–H groups in total. The highest BCUT2D eigenvalue weighted by atomic mass is 16.3. The van der Waals surface area contributed by atoms with Crippen LogP contribution in [-0.2, 0) is 6.61 Å². The number of benzene rings is 1. The Balaban J connectivity index is 2.14. The van der Waals surface area contributed by atoms with Crippen molar-refractivity contribution in [1.82, 2.24) is 9.78 Å². The van der Waals surface area contributed by atoms with Gasteiger partial charge in [0, 0.05) is 5.39 Å². The van der Waals surface area contributed by atoms with Gasteiger partial charge in [0.25, 0.3) is 0 Å². The Kier molecular flexibility index (Phi) is 2.63. The third kappa shape index (κ3) is 1.75. The SMILES string of the molecule is Cc1cc(CO)cc2cnn(C3CCCC3)c12. The molecule has 0 bridgehead atoms. The Morgan fingerprint density at radius 3 is 2.82 bits per heavy atom. The highest BCUT2D eigenvalue weighted by molar-refractivity contribution is 5.82. The maximum atomic E-state index is 9.21. The second kappa shape index (κ2) is 4.15. The minimum Gasteiger partial charge on any atom is -0.392 e. The van der Waals surface area contributed by atoms with Gasteiger partial charge < -0.3 is 5.11 Å². The third-order valence-corrected chi connectivity index (χ3v) is 3.79. The number of nitrogens with zero attached hydrogens (tertiary/aromatic N) is 2. The van der Waals surface area contributed by atoms with Gasteiger partial charge in [-0.15, -0.1) is 0 Å². The Labute approximate surface area is 101 Å². The van der Waals surface area contributed by atoms with E-state index in [0.29, 0.717) is 6.04 Å². The fraction of sp³-hybridized carbons (Fsp3) is 0.500. The molecule has 3 nitrogen and oxygen atoms in total. The van der Waals surface area contributed by atoms with E-state index in [9.17, 15) is 5.11 Å². The number of aromatic nitrogens is 2. The van der Waals surface area contributed by atoms with E-state index in [1.807, 2.05) is 12.3 Å². The maximum Gasteiger partial charge on any atom is 0.0715 e. The summed E-state index contributed by atoms with van der Waals surface area (Å²) in [6.07, 6.45) is 7.06. The number of fused-ring (bicyclic) bond motifs is 1. The summed E-state index contributed by atoms with van der Waals surface area (Å²) in [5.41, 5.74) is 3.44. The summed E-state index contributed by atoms with van der Waals surface area (Å²) >= 11 is 0. The quantitative estimate of drug-likeness (QED) is 0.861. The first-order valence-electron chi connectivity index (χ1n) is 6.37. The van der Waals surface area contributed by atoms with Crippen molar-refractivity contribution in [3.8, 4) is 0 Å². The molecule has 0 saturated heterocycles. The van der Waals surface area contributed by atoms with Crippen molar-refractivity contribution >= 4 is 10.9 Å². The van der Waals surface area contributed by atoms with Crippen molar-refractivity contribution < 1.29 is 5.11 Å². The predicted octanol–water partition coefficient (Wildman–Crippen LogP) is 2.95. The van der Waals surface area contributed by atoms with Crippen LogP contribution in [0.25, 0.3) is 10.9 Å². The maximum absolute atomic E-state index is 9.21. The van der Waals surface area contributed by atoms with Gasteiger partial charge in [-0.3, -0.25) is 4.68 Å². The molecule has 90 valence electrons. The third-order valence-electron chi connectivity index (χ3n) is 3.79. The summed E-state index contributed by atoms with van der Waals surface area (Å²) in [5, 5.41) is 14.9. The molecule has 1 saturated carbocycles. The summed E-state index contributed by atoms with van der Waals surface area (Å²) in [7, 11) is 0. The average molecular weight is 230 g/mol. The van der Waals surface area contributed by atoms with Gasteiger partial charge in [0.15, 0.2) is 0 Å². The van der Waals surface area contributed by atoms with E-state index in [1.54, 1.807) is 0 Å². The van der Waals surface area contributed by atoms with Crippen molar-refractivity contribution in [1.29, 1.82) is 0 Å². The fourth-order valence-corrected chi connectivity index (χ4v) is 2.99. The Morgan fingerprint density at radius 2 is 2.12 bits per heavy atom. The highest BCUT2D eigenvalue weighted by Crippen LogP contribution is 2.32. The lowest BCUT2D eigenvalue weighted by molar-refractivity contribution is 0.282. The van der Waals surface area contributed by atoms with E-state index in [2.05, 4.69) is 22.8 Å². The zero-order valence-corrected chi connectivity index (χ0v) is 10.2. The molecule has 1 aliphatic rings. The molecule has 3 heteroatoms. The smallest absolute Gasteiger partial charge is 0.0715 e. The number of hydrogen-bond acceptors (Lipinski definition) is 2. The molecule has 1 aromatic carbocycles. The topological polar surface area (TPSA) is 38.1 Å². The Morgan fingerprint density at radius 1 is 1.35 bits per heavy atom. The zero-order valence-electron chi connectivity index (χ0n) is 10.2. The van der Waals surface area contributed by atoms with Crippen molar-refractivity contribution in [2.24, 2.45) is 0 Å². The molecule has 3 rings (SSSR count). The van der Waals surface area contributed by atoms with Gasteiger partial charge in [-0.25, -0.2) is 0 Å². The van der Waals surface area contributed by atoms with Gasteiger partial charge in [-0.1, -0.05) is 18.9 Å². The van der Waals surface area contributed by atoms with Gasteiger partial charge in [-0.05, 0) is 37.0 Å². The molecule has 0 atom stereocenters. The van der Waals surface area contributed by atoms with Crippen LogP contribution in [-0.4, -0.2) is 14.9 Å². The van der Waals surface area contributed by atoms with Gasteiger partial charge in [0.05, 0.1) is 24.4 Å². The summed E-state index contributed by atoms with van der Waals surface area (Å²) < 4.78 is 2.19. The first-order valence-corrected chi connectivity index (χ1v) is 6.37. The van der Waals surface area contributed by atoms with E-state index in [1.165, 1.54) is 36.8 Å². The van der Waals surface area contributed by atoms with Crippen LogP contribution in [0.4, 0.5) is 0 Å². The number of aliphatic hydroxyl groups excluding tert-OH is 1. The molecule has 1 aromatic heterocycles. The Hall–Kier alpha value is -1.35. The number of hydrogen-bond donors (Lipinski definition) is 1. The summed E-state index contributed by atoms with van der Waals surface area (Å²) in [5.74, 6) is 0. The summed E-state index contributed by atoms with van der Waals surface area (Å²) in [6, 6.07) is 4.68. The molecule has 0 spiro atoms. The molecule has 1 aliphatic carbocycles. The molecule has 17 heavy (non-hydrogen) atoms. The minimum atomic E-state index is 0.103. The van der Waals surface area contributed by atoms with Crippen LogP contribution in [0.3, 0.4) is 0 Å². The van der Waals surface area contributed by atoms with E-state index >= 15 is 0 Å². The van der Waals surface area contributed by atoms with Gasteiger partial charge in [0.1, 0.15) is 0 Å².